The van der Waals surface area contributed by atoms with E-state index in [0.717, 1.165) is 29.5 Å². The van der Waals surface area contributed by atoms with Gasteiger partial charge in [-0.15, -0.1) is 0 Å². The third-order valence-electron chi connectivity index (χ3n) is 5.65. The van der Waals surface area contributed by atoms with Crippen LogP contribution in [0.3, 0.4) is 0 Å². The second-order valence-corrected chi connectivity index (χ2v) is 8.53. The van der Waals surface area contributed by atoms with E-state index < -0.39 is 17.6 Å². The molecule has 0 saturated carbocycles. The number of aryl methyl sites for hydroxylation is 1. The van der Waals surface area contributed by atoms with Crippen LogP contribution in [-0.4, -0.2) is 28.8 Å². The molecule has 9 nitrogen and oxygen atoms in total. The summed E-state index contributed by atoms with van der Waals surface area (Å²) in [7, 11) is 0. The molecule has 4 rings (SSSR count). The maximum absolute atomic E-state index is 13.0. The molecule has 0 fully saturated rings. The zero-order valence-corrected chi connectivity index (χ0v) is 21.3. The normalized spacial score (nSPS) is 15.3. The van der Waals surface area contributed by atoms with Crippen molar-refractivity contribution in [2.24, 2.45) is 20.7 Å². The fraction of sp³-hybridized carbons (Fsp3) is 0.107. The average Bonchev–Trinajstić information content (AvgIpc) is 2.94. The van der Waals surface area contributed by atoms with Gasteiger partial charge in [-0.25, -0.2) is 15.0 Å². The third-order valence-corrected chi connectivity index (χ3v) is 5.65. The first-order valence-corrected chi connectivity index (χ1v) is 12.0. The van der Waals surface area contributed by atoms with Gasteiger partial charge in [0.05, 0.1) is 11.8 Å². The molecular weight excluding hydrogens is 521 g/mol. The van der Waals surface area contributed by atoms with Crippen molar-refractivity contribution in [1.29, 1.82) is 0 Å². The molecule has 0 unspecified atom stereocenters. The number of hydrogen-bond donors (Lipinski definition) is 4. The predicted octanol–water partition coefficient (Wildman–Crippen LogP) is 5.02. The van der Waals surface area contributed by atoms with Gasteiger partial charge in [0, 0.05) is 30.2 Å². The Balaban J connectivity index is 1.56. The van der Waals surface area contributed by atoms with E-state index in [4.69, 9.17) is 5.73 Å². The van der Waals surface area contributed by atoms with E-state index in [2.05, 4.69) is 42.5 Å². The van der Waals surface area contributed by atoms with Crippen LogP contribution in [-0.2, 0) is 12.7 Å². The van der Waals surface area contributed by atoms with Gasteiger partial charge in [-0.2, -0.15) is 13.2 Å². The number of rotatable bonds is 7. The van der Waals surface area contributed by atoms with Crippen molar-refractivity contribution in [3.63, 3.8) is 0 Å². The number of alkyl halides is 3. The van der Waals surface area contributed by atoms with Crippen LogP contribution >= 0.6 is 0 Å². The van der Waals surface area contributed by atoms with Crippen LogP contribution in [0.25, 0.3) is 0 Å². The molecule has 0 spiro atoms. The molecular formula is C28H25F3N8O. The largest absolute Gasteiger partial charge is 0.416 e. The Bertz CT molecular complexity index is 1540. The number of nitrogens with two attached hydrogens (primary N) is 1. The van der Waals surface area contributed by atoms with Crippen LogP contribution < -0.4 is 21.7 Å². The van der Waals surface area contributed by atoms with Crippen molar-refractivity contribution in [2.45, 2.75) is 19.6 Å². The fourth-order valence-corrected chi connectivity index (χ4v) is 3.59. The number of carbonyl (C=O) groups excluding carboxylic acids is 1. The van der Waals surface area contributed by atoms with Gasteiger partial charge in [0.15, 0.2) is 0 Å². The summed E-state index contributed by atoms with van der Waals surface area (Å²) in [6.45, 7) is 5.90. The SMILES string of the molecule is C=C/N=C1/C=NC(NCc2ccccc2)=N/C1=C(/N)Nc1cc(C(=O)Nc2cc(C(F)(F)F)ccn2)ccc1C. The number of hydrogen-bond acceptors (Lipinski definition) is 8. The quantitative estimate of drug-likeness (QED) is 0.331. The second-order valence-electron chi connectivity index (χ2n) is 8.53. The Hall–Kier alpha value is -5.26. The lowest BCUT2D eigenvalue weighted by molar-refractivity contribution is -0.137. The molecule has 1 amide bonds. The molecule has 0 aliphatic carbocycles. The number of halogens is 3. The minimum absolute atomic E-state index is 0.131. The summed E-state index contributed by atoms with van der Waals surface area (Å²) in [6, 6.07) is 16.0. The lowest BCUT2D eigenvalue weighted by Crippen LogP contribution is -2.28. The summed E-state index contributed by atoms with van der Waals surface area (Å²) in [5.74, 6) is -0.422. The number of benzene rings is 2. The first-order valence-electron chi connectivity index (χ1n) is 12.0. The van der Waals surface area contributed by atoms with Crippen molar-refractivity contribution in [2.75, 3.05) is 10.6 Å². The lowest BCUT2D eigenvalue weighted by atomic mass is 10.1. The molecule has 0 bridgehead atoms. The Morgan fingerprint density at radius 3 is 2.60 bits per heavy atom. The highest BCUT2D eigenvalue weighted by Crippen LogP contribution is 2.30. The number of carbonyl (C=O) groups is 1. The first-order chi connectivity index (χ1) is 19.1. The second kappa shape index (κ2) is 12.1. The maximum Gasteiger partial charge on any atom is 0.416 e. The molecule has 2 aromatic carbocycles. The molecule has 3 aromatic rings. The molecule has 0 radical (unpaired) electrons. The van der Waals surface area contributed by atoms with Gasteiger partial charge in [0.2, 0.25) is 5.96 Å². The minimum Gasteiger partial charge on any atom is -0.383 e. The van der Waals surface area contributed by atoms with Gasteiger partial charge in [-0.05, 0) is 42.3 Å². The highest BCUT2D eigenvalue weighted by atomic mass is 19.4. The zero-order valence-electron chi connectivity index (χ0n) is 21.3. The molecule has 1 aliphatic heterocycles. The molecule has 0 atom stereocenters. The molecule has 12 heteroatoms. The van der Waals surface area contributed by atoms with E-state index in [-0.39, 0.29) is 17.2 Å². The summed E-state index contributed by atoms with van der Waals surface area (Å²) in [6.07, 6.45) is -0.743. The Kier molecular flexibility index (Phi) is 8.38. The van der Waals surface area contributed by atoms with Gasteiger partial charge in [0.25, 0.3) is 5.91 Å². The molecule has 0 saturated heterocycles. The van der Waals surface area contributed by atoms with Gasteiger partial charge >= 0.3 is 6.18 Å². The number of aromatic nitrogens is 1. The number of aliphatic imine (C=N–C) groups is 3. The van der Waals surface area contributed by atoms with E-state index in [0.29, 0.717) is 29.6 Å². The molecule has 1 aliphatic rings. The number of allylic oxidation sites excluding steroid dienone is 1. The zero-order chi connectivity index (χ0) is 28.7. The molecule has 5 N–H and O–H groups in total. The van der Waals surface area contributed by atoms with Gasteiger partial charge in [-0.3, -0.25) is 9.79 Å². The van der Waals surface area contributed by atoms with E-state index in [1.54, 1.807) is 13.0 Å². The fourth-order valence-electron chi connectivity index (χ4n) is 3.59. The predicted molar refractivity (Wildman–Crippen MR) is 150 cm³/mol. The minimum atomic E-state index is -4.56. The van der Waals surface area contributed by atoms with Crippen molar-refractivity contribution < 1.29 is 18.0 Å². The smallest absolute Gasteiger partial charge is 0.383 e. The van der Waals surface area contributed by atoms with Gasteiger partial charge in [-0.1, -0.05) is 43.0 Å². The highest BCUT2D eigenvalue weighted by Gasteiger charge is 2.31. The Labute approximate surface area is 228 Å². The summed E-state index contributed by atoms with van der Waals surface area (Å²) >= 11 is 0. The molecule has 2 heterocycles. The monoisotopic (exact) mass is 546 g/mol. The van der Waals surface area contributed by atoms with Crippen LogP contribution in [0.1, 0.15) is 27.0 Å². The number of guanidine groups is 1. The standard InChI is InChI=1S/C28H25F3N8O/c1-3-33-22-16-36-27(35-15-18-7-5-4-6-8-18)39-24(22)25(32)37-21-13-19(10-9-17(21)2)26(40)38-23-14-20(11-12-34-23)28(29,30)31/h3-14,16,37H,1,15,32H2,2H3,(H,35,39)(H,34,38,40)/b25-24-,33-22-. The number of nitrogens with one attached hydrogen (secondary N) is 3. The van der Waals surface area contributed by atoms with Crippen LogP contribution in [0.15, 0.2) is 106 Å². The van der Waals surface area contributed by atoms with Crippen LogP contribution in [0.5, 0.6) is 0 Å². The number of nitrogens with zero attached hydrogens (tertiary/aromatic N) is 4. The molecule has 204 valence electrons. The van der Waals surface area contributed by atoms with Gasteiger partial charge in [0.1, 0.15) is 23.0 Å². The van der Waals surface area contributed by atoms with Crippen molar-refractivity contribution >= 4 is 35.3 Å². The van der Waals surface area contributed by atoms with Crippen LogP contribution in [0.2, 0.25) is 0 Å². The van der Waals surface area contributed by atoms with Crippen LogP contribution in [0.4, 0.5) is 24.7 Å². The summed E-state index contributed by atoms with van der Waals surface area (Å²) < 4.78 is 39.1. The topological polar surface area (TPSA) is 129 Å². The Morgan fingerprint density at radius 2 is 1.88 bits per heavy atom. The molecule has 40 heavy (non-hydrogen) atoms. The van der Waals surface area contributed by atoms with Gasteiger partial charge < -0.3 is 21.7 Å². The van der Waals surface area contributed by atoms with E-state index in [9.17, 15) is 18.0 Å². The van der Waals surface area contributed by atoms with Crippen LogP contribution in [0, 0.1) is 6.92 Å². The summed E-state index contributed by atoms with van der Waals surface area (Å²) in [4.78, 5) is 29.6. The van der Waals surface area contributed by atoms with E-state index in [1.165, 1.54) is 24.5 Å². The molecule has 1 aromatic heterocycles. The maximum atomic E-state index is 13.0. The lowest BCUT2D eigenvalue weighted by Gasteiger charge is -2.17. The summed E-state index contributed by atoms with van der Waals surface area (Å²) in [5, 5.41) is 8.59. The van der Waals surface area contributed by atoms with Crippen molar-refractivity contribution in [3.8, 4) is 0 Å². The highest BCUT2D eigenvalue weighted by molar-refractivity contribution is 6.41. The summed E-state index contributed by atoms with van der Waals surface area (Å²) in [5.41, 5.74) is 8.56. The number of amides is 1. The van der Waals surface area contributed by atoms with E-state index >= 15 is 0 Å². The Morgan fingerprint density at radius 1 is 1.10 bits per heavy atom. The van der Waals surface area contributed by atoms with E-state index in [1.807, 2.05) is 30.3 Å². The third kappa shape index (κ3) is 6.98. The first kappa shape index (κ1) is 27.8. The number of pyridine rings is 1. The average molecular weight is 547 g/mol. The van der Waals surface area contributed by atoms with Crippen molar-refractivity contribution in [1.82, 2.24) is 10.3 Å². The number of anilines is 2. The van der Waals surface area contributed by atoms with Crippen molar-refractivity contribution in [3.05, 3.63) is 113 Å².